The van der Waals surface area contributed by atoms with Crippen LogP contribution in [0, 0.1) is 12.8 Å². The summed E-state index contributed by atoms with van der Waals surface area (Å²) in [6.45, 7) is 12.6. The highest BCUT2D eigenvalue weighted by Gasteiger charge is 2.28. The molecule has 0 radical (unpaired) electrons. The zero-order chi connectivity index (χ0) is 22.0. The summed E-state index contributed by atoms with van der Waals surface area (Å²) < 4.78 is 0. The lowest BCUT2D eigenvalue weighted by atomic mass is 9.73. The SMILES string of the molecule is CCCCCCCC(=O)NNC(=O)CCc1cc(C)c(O)c(C(C)(C)C(C)C)c1. The molecular weight excluding hydrogens is 364 g/mol. The summed E-state index contributed by atoms with van der Waals surface area (Å²) >= 11 is 0. The average molecular weight is 405 g/mol. The minimum atomic E-state index is -0.209. The van der Waals surface area contributed by atoms with Crippen molar-refractivity contribution in [2.24, 2.45) is 5.92 Å². The van der Waals surface area contributed by atoms with E-state index in [1.165, 1.54) is 12.8 Å². The number of hydrogen-bond acceptors (Lipinski definition) is 3. The molecule has 0 atom stereocenters. The molecular formula is C24H40N2O3. The van der Waals surface area contributed by atoms with Crippen LogP contribution < -0.4 is 10.9 Å². The molecule has 0 bridgehead atoms. The predicted molar refractivity (Wildman–Crippen MR) is 119 cm³/mol. The monoisotopic (exact) mass is 404 g/mol. The van der Waals surface area contributed by atoms with Gasteiger partial charge >= 0.3 is 0 Å². The molecule has 0 heterocycles. The Morgan fingerprint density at radius 2 is 1.59 bits per heavy atom. The van der Waals surface area contributed by atoms with Crippen LogP contribution in [0.15, 0.2) is 12.1 Å². The van der Waals surface area contributed by atoms with Crippen molar-refractivity contribution >= 4 is 11.8 Å². The Labute approximate surface area is 176 Å². The predicted octanol–water partition coefficient (Wildman–Crippen LogP) is 5.07. The largest absolute Gasteiger partial charge is 0.507 e. The summed E-state index contributed by atoms with van der Waals surface area (Å²) in [4.78, 5) is 23.9. The highest BCUT2D eigenvalue weighted by molar-refractivity contribution is 5.82. The number of benzene rings is 1. The number of rotatable bonds is 11. The highest BCUT2D eigenvalue weighted by atomic mass is 16.3. The summed E-state index contributed by atoms with van der Waals surface area (Å²) in [6, 6.07) is 3.93. The van der Waals surface area contributed by atoms with Crippen molar-refractivity contribution in [1.82, 2.24) is 10.9 Å². The van der Waals surface area contributed by atoms with Gasteiger partial charge < -0.3 is 5.11 Å². The Morgan fingerprint density at radius 3 is 2.17 bits per heavy atom. The van der Waals surface area contributed by atoms with Gasteiger partial charge in [-0.1, -0.05) is 72.4 Å². The zero-order valence-corrected chi connectivity index (χ0v) is 19.2. The molecule has 1 aromatic carbocycles. The second-order valence-electron chi connectivity index (χ2n) is 8.95. The minimum Gasteiger partial charge on any atom is -0.507 e. The number of carbonyl (C=O) groups excluding carboxylic acids is 2. The average Bonchev–Trinajstić information content (AvgIpc) is 2.66. The maximum absolute atomic E-state index is 12.1. The molecule has 164 valence electrons. The first-order valence-electron chi connectivity index (χ1n) is 11.0. The van der Waals surface area contributed by atoms with Crippen LogP contribution in [0.1, 0.15) is 96.3 Å². The van der Waals surface area contributed by atoms with Gasteiger partial charge in [-0.05, 0) is 42.2 Å². The van der Waals surface area contributed by atoms with Crippen LogP contribution >= 0.6 is 0 Å². The fourth-order valence-corrected chi connectivity index (χ4v) is 3.21. The van der Waals surface area contributed by atoms with E-state index >= 15 is 0 Å². The molecule has 3 N–H and O–H groups in total. The lowest BCUT2D eigenvalue weighted by molar-refractivity contribution is -0.128. The van der Waals surface area contributed by atoms with Gasteiger partial charge in [0.2, 0.25) is 11.8 Å². The van der Waals surface area contributed by atoms with E-state index in [1.807, 2.05) is 19.1 Å². The quantitative estimate of drug-likeness (QED) is 0.356. The summed E-state index contributed by atoms with van der Waals surface area (Å²) in [5, 5.41) is 10.5. The van der Waals surface area contributed by atoms with Crippen LogP contribution in [0.5, 0.6) is 5.75 Å². The summed E-state index contributed by atoms with van der Waals surface area (Å²) in [7, 11) is 0. The van der Waals surface area contributed by atoms with Crippen LogP contribution in [0.25, 0.3) is 0 Å². The molecule has 2 amide bonds. The van der Waals surface area contributed by atoms with E-state index in [0.29, 0.717) is 24.5 Å². The van der Waals surface area contributed by atoms with E-state index in [1.54, 1.807) is 0 Å². The number of unbranched alkanes of at least 4 members (excludes halogenated alkanes) is 4. The van der Waals surface area contributed by atoms with Crippen LogP contribution in [-0.2, 0) is 21.4 Å². The third-order valence-corrected chi connectivity index (χ3v) is 5.99. The standard InChI is InChI=1S/C24H40N2O3/c1-7-8-9-10-11-12-21(27)25-26-22(28)14-13-19-15-18(4)23(29)20(16-19)24(5,6)17(2)3/h15-17,29H,7-14H2,1-6H3,(H,25,27)(H,26,28). The van der Waals surface area contributed by atoms with Gasteiger partial charge in [0.25, 0.3) is 0 Å². The number of nitrogens with one attached hydrogen (secondary N) is 2. The molecule has 5 heteroatoms. The fraction of sp³-hybridized carbons (Fsp3) is 0.667. The van der Waals surface area contributed by atoms with Crippen molar-refractivity contribution in [2.75, 3.05) is 0 Å². The Hall–Kier alpha value is -2.04. The van der Waals surface area contributed by atoms with E-state index in [0.717, 1.165) is 36.0 Å². The van der Waals surface area contributed by atoms with Gasteiger partial charge in [0.05, 0.1) is 0 Å². The molecule has 0 spiro atoms. The number of hydrazine groups is 1. The minimum absolute atomic E-state index is 0.142. The molecule has 0 aromatic heterocycles. The van der Waals surface area contributed by atoms with Crippen molar-refractivity contribution in [1.29, 1.82) is 0 Å². The molecule has 0 saturated heterocycles. The Morgan fingerprint density at radius 1 is 1.00 bits per heavy atom. The molecule has 0 aliphatic rings. The van der Waals surface area contributed by atoms with Crippen molar-refractivity contribution in [2.45, 2.75) is 98.3 Å². The number of carbonyl (C=O) groups is 2. The highest BCUT2D eigenvalue weighted by Crippen LogP contribution is 2.39. The number of phenolic OH excluding ortho intramolecular Hbond substituents is 1. The van der Waals surface area contributed by atoms with Crippen molar-refractivity contribution in [3.8, 4) is 5.75 Å². The lowest BCUT2D eigenvalue weighted by Gasteiger charge is -2.31. The van der Waals surface area contributed by atoms with Gasteiger partial charge in [-0.15, -0.1) is 0 Å². The van der Waals surface area contributed by atoms with Crippen molar-refractivity contribution in [3.63, 3.8) is 0 Å². The Balaban J connectivity index is 2.53. The van der Waals surface area contributed by atoms with Gasteiger partial charge in [-0.3, -0.25) is 20.4 Å². The molecule has 0 aliphatic heterocycles. The van der Waals surface area contributed by atoms with Crippen LogP contribution in [0.2, 0.25) is 0 Å². The number of aryl methyl sites for hydroxylation is 2. The first kappa shape index (κ1) is 25.0. The van der Waals surface area contributed by atoms with Gasteiger partial charge in [0.1, 0.15) is 5.75 Å². The van der Waals surface area contributed by atoms with E-state index in [4.69, 9.17) is 0 Å². The van der Waals surface area contributed by atoms with Gasteiger partial charge in [-0.25, -0.2) is 0 Å². The Kier molecular flexibility index (Phi) is 10.2. The summed E-state index contributed by atoms with van der Waals surface area (Å²) in [6.07, 6.45) is 6.70. The van der Waals surface area contributed by atoms with Crippen molar-refractivity contribution < 1.29 is 14.7 Å². The number of phenols is 1. The molecule has 0 unspecified atom stereocenters. The second kappa shape index (κ2) is 11.8. The van der Waals surface area contributed by atoms with E-state index in [2.05, 4.69) is 45.5 Å². The molecule has 0 saturated carbocycles. The maximum Gasteiger partial charge on any atom is 0.238 e. The van der Waals surface area contributed by atoms with E-state index in [-0.39, 0.29) is 23.7 Å². The topological polar surface area (TPSA) is 78.4 Å². The second-order valence-corrected chi connectivity index (χ2v) is 8.95. The Bertz CT molecular complexity index is 681. The third-order valence-electron chi connectivity index (χ3n) is 5.99. The summed E-state index contributed by atoms with van der Waals surface area (Å²) in [5.74, 6) is 0.350. The molecule has 0 aliphatic carbocycles. The van der Waals surface area contributed by atoms with Crippen molar-refractivity contribution in [3.05, 3.63) is 28.8 Å². The van der Waals surface area contributed by atoms with Crippen LogP contribution in [0.3, 0.4) is 0 Å². The number of hydrogen-bond donors (Lipinski definition) is 3. The molecule has 29 heavy (non-hydrogen) atoms. The molecule has 0 fully saturated rings. The lowest BCUT2D eigenvalue weighted by Crippen LogP contribution is -2.41. The number of aromatic hydroxyl groups is 1. The first-order chi connectivity index (χ1) is 13.6. The smallest absolute Gasteiger partial charge is 0.238 e. The van der Waals surface area contributed by atoms with Crippen LogP contribution in [0.4, 0.5) is 0 Å². The van der Waals surface area contributed by atoms with Gasteiger partial charge in [0, 0.05) is 18.4 Å². The molecule has 5 nitrogen and oxygen atoms in total. The molecule has 1 rings (SSSR count). The molecule has 1 aromatic rings. The van der Waals surface area contributed by atoms with Crippen LogP contribution in [-0.4, -0.2) is 16.9 Å². The summed E-state index contributed by atoms with van der Waals surface area (Å²) in [5.41, 5.74) is 7.59. The fourth-order valence-electron chi connectivity index (χ4n) is 3.21. The normalized spacial score (nSPS) is 11.6. The van der Waals surface area contributed by atoms with E-state index < -0.39 is 0 Å². The van der Waals surface area contributed by atoms with Gasteiger partial charge in [0.15, 0.2) is 0 Å². The van der Waals surface area contributed by atoms with Gasteiger partial charge in [-0.2, -0.15) is 0 Å². The number of amides is 2. The van der Waals surface area contributed by atoms with E-state index in [9.17, 15) is 14.7 Å². The first-order valence-corrected chi connectivity index (χ1v) is 11.0. The maximum atomic E-state index is 12.1. The zero-order valence-electron chi connectivity index (χ0n) is 19.2. The third kappa shape index (κ3) is 8.08.